The first-order chi connectivity index (χ1) is 9.04. The van der Waals surface area contributed by atoms with Crippen molar-refractivity contribution in [3.8, 4) is 0 Å². The van der Waals surface area contributed by atoms with Gasteiger partial charge in [0, 0.05) is 22.5 Å². The van der Waals surface area contributed by atoms with Gasteiger partial charge in [-0.1, -0.05) is 30.3 Å². The molecule has 0 aromatic carbocycles. The Morgan fingerprint density at radius 3 is 2.95 bits per heavy atom. The Balaban J connectivity index is 2.45. The number of aromatic amines is 1. The first-order valence-electron chi connectivity index (χ1n) is 6.03. The number of nitrogens with one attached hydrogen (secondary N) is 1. The lowest BCUT2D eigenvalue weighted by Crippen LogP contribution is -1.93. The molecule has 0 aliphatic rings. The van der Waals surface area contributed by atoms with Crippen molar-refractivity contribution in [1.29, 1.82) is 0 Å². The number of aromatic nitrogens is 1. The number of thiophene rings is 1. The molecule has 0 fully saturated rings. The third-order valence-electron chi connectivity index (χ3n) is 3.06. The summed E-state index contributed by atoms with van der Waals surface area (Å²) in [4.78, 5) is 4.65. The molecule has 1 atom stereocenters. The van der Waals surface area contributed by atoms with E-state index >= 15 is 0 Å². The SMILES string of the molecule is C=C/C=C(Cc1c(C)[nH]c2sccc12)\C(Cl)=C(/C)P. The molecule has 1 nitrogen and oxygen atoms in total. The van der Waals surface area contributed by atoms with Crippen molar-refractivity contribution >= 4 is 42.4 Å². The van der Waals surface area contributed by atoms with Crippen LogP contribution < -0.4 is 0 Å². The van der Waals surface area contributed by atoms with Crippen LogP contribution in [0.5, 0.6) is 0 Å². The summed E-state index contributed by atoms with van der Waals surface area (Å²) in [5.41, 5.74) is 3.62. The van der Waals surface area contributed by atoms with Gasteiger partial charge in [-0.3, -0.25) is 0 Å². The molecule has 0 aliphatic heterocycles. The van der Waals surface area contributed by atoms with Crippen molar-refractivity contribution in [1.82, 2.24) is 4.98 Å². The van der Waals surface area contributed by atoms with Gasteiger partial charge in [-0.05, 0) is 41.7 Å². The fourth-order valence-corrected chi connectivity index (χ4v) is 3.30. The molecule has 0 amide bonds. The van der Waals surface area contributed by atoms with Gasteiger partial charge in [0.25, 0.3) is 0 Å². The maximum absolute atomic E-state index is 6.39. The summed E-state index contributed by atoms with van der Waals surface area (Å²) < 4.78 is 0. The molecule has 0 bridgehead atoms. The van der Waals surface area contributed by atoms with Crippen molar-refractivity contribution in [2.45, 2.75) is 20.3 Å². The minimum absolute atomic E-state index is 0.800. The van der Waals surface area contributed by atoms with Gasteiger partial charge in [0.1, 0.15) is 4.83 Å². The molecule has 0 aliphatic carbocycles. The minimum atomic E-state index is 0.800. The van der Waals surface area contributed by atoms with Gasteiger partial charge in [-0.25, -0.2) is 0 Å². The summed E-state index contributed by atoms with van der Waals surface area (Å²) in [6.45, 7) is 7.88. The number of aryl methyl sites for hydroxylation is 1. The normalized spacial score (nSPS) is 13.8. The Morgan fingerprint density at radius 2 is 2.32 bits per heavy atom. The maximum atomic E-state index is 6.39. The van der Waals surface area contributed by atoms with E-state index in [2.05, 4.69) is 39.2 Å². The van der Waals surface area contributed by atoms with E-state index in [1.54, 1.807) is 17.4 Å². The molecule has 0 saturated heterocycles. The molecule has 2 aromatic heterocycles. The molecule has 2 aromatic rings. The summed E-state index contributed by atoms with van der Waals surface area (Å²) in [6.07, 6.45) is 4.60. The van der Waals surface area contributed by atoms with Crippen molar-refractivity contribution < 1.29 is 0 Å². The molecule has 0 spiro atoms. The highest BCUT2D eigenvalue weighted by atomic mass is 35.5. The monoisotopic (exact) mass is 309 g/mol. The first kappa shape index (κ1) is 14.6. The van der Waals surface area contributed by atoms with E-state index in [0.29, 0.717) is 0 Å². The molecule has 0 radical (unpaired) electrons. The minimum Gasteiger partial charge on any atom is -0.350 e. The van der Waals surface area contributed by atoms with Gasteiger partial charge in [0.05, 0.1) is 0 Å². The molecular weight excluding hydrogens is 293 g/mol. The van der Waals surface area contributed by atoms with Crippen LogP contribution in [-0.2, 0) is 6.42 Å². The summed E-state index contributed by atoms with van der Waals surface area (Å²) >= 11 is 8.12. The molecule has 1 unspecified atom stereocenters. The zero-order chi connectivity index (χ0) is 14.0. The lowest BCUT2D eigenvalue weighted by Gasteiger charge is -2.08. The van der Waals surface area contributed by atoms with E-state index in [9.17, 15) is 0 Å². The van der Waals surface area contributed by atoms with Crippen LogP contribution in [0.1, 0.15) is 18.2 Å². The first-order valence-corrected chi connectivity index (χ1v) is 7.86. The van der Waals surface area contributed by atoms with E-state index in [0.717, 1.165) is 22.3 Å². The number of fused-ring (bicyclic) bond motifs is 1. The predicted molar refractivity (Wildman–Crippen MR) is 91.2 cm³/mol. The summed E-state index contributed by atoms with van der Waals surface area (Å²) in [5, 5.41) is 5.25. The van der Waals surface area contributed by atoms with Gasteiger partial charge in [0.15, 0.2) is 0 Å². The molecular formula is C15H17ClNPS. The lowest BCUT2D eigenvalue weighted by molar-refractivity contribution is 1.14. The second-order valence-electron chi connectivity index (χ2n) is 4.49. The van der Waals surface area contributed by atoms with E-state index in [-0.39, 0.29) is 0 Å². The molecule has 100 valence electrons. The topological polar surface area (TPSA) is 15.8 Å². The molecule has 1 N–H and O–H groups in total. The summed E-state index contributed by atoms with van der Waals surface area (Å²) in [5.74, 6) is 0. The van der Waals surface area contributed by atoms with E-state index in [1.165, 1.54) is 21.5 Å². The molecule has 2 heterocycles. The van der Waals surface area contributed by atoms with Gasteiger partial charge in [-0.2, -0.15) is 0 Å². The number of rotatable bonds is 4. The van der Waals surface area contributed by atoms with Crippen molar-refractivity contribution in [2.75, 3.05) is 0 Å². The average Bonchev–Trinajstić information content (AvgIpc) is 2.90. The summed E-state index contributed by atoms with van der Waals surface area (Å²) in [6, 6.07) is 2.16. The quantitative estimate of drug-likeness (QED) is 0.564. The second-order valence-corrected chi connectivity index (χ2v) is 6.65. The largest absolute Gasteiger partial charge is 0.350 e. The zero-order valence-electron chi connectivity index (χ0n) is 11.1. The standard InChI is InChI=1S/C15H17ClNPS/c1-4-5-11(14(16)10(3)18)8-13-9(2)17-15-12(13)6-7-19-15/h4-7,17H,1,8,18H2,2-3H3/b11-5-,14-10-. The zero-order valence-corrected chi connectivity index (χ0v) is 13.8. The fraction of sp³-hybridized carbons (Fsp3) is 0.200. The Kier molecular flexibility index (Phi) is 4.67. The highest BCUT2D eigenvalue weighted by Gasteiger charge is 2.13. The molecule has 4 heteroatoms. The van der Waals surface area contributed by atoms with Crippen LogP contribution in [0.3, 0.4) is 0 Å². The number of halogens is 1. The van der Waals surface area contributed by atoms with Crippen LogP contribution in [0.4, 0.5) is 0 Å². The van der Waals surface area contributed by atoms with Crippen LogP contribution in [0.25, 0.3) is 10.2 Å². The van der Waals surface area contributed by atoms with Crippen LogP contribution in [0, 0.1) is 6.92 Å². The molecule has 0 saturated carbocycles. The Labute approximate surface area is 125 Å². The van der Waals surface area contributed by atoms with Crippen molar-refractivity contribution in [3.05, 3.63) is 57.4 Å². The average molecular weight is 310 g/mol. The number of hydrogen-bond acceptors (Lipinski definition) is 1. The third kappa shape index (κ3) is 3.02. The summed E-state index contributed by atoms with van der Waals surface area (Å²) in [7, 11) is 2.66. The number of H-pyrrole nitrogens is 1. The van der Waals surface area contributed by atoms with Gasteiger partial charge in [0.2, 0.25) is 0 Å². The van der Waals surface area contributed by atoms with Crippen LogP contribution in [-0.4, -0.2) is 4.98 Å². The van der Waals surface area contributed by atoms with E-state index < -0.39 is 0 Å². The van der Waals surface area contributed by atoms with E-state index in [4.69, 9.17) is 11.6 Å². The maximum Gasteiger partial charge on any atom is 0.100 e. The number of allylic oxidation sites excluding steroid dienone is 5. The Bertz CT molecular complexity index is 671. The van der Waals surface area contributed by atoms with Crippen molar-refractivity contribution in [3.63, 3.8) is 0 Å². The Morgan fingerprint density at radius 1 is 1.58 bits per heavy atom. The van der Waals surface area contributed by atoms with Crippen LogP contribution in [0.15, 0.2) is 46.1 Å². The molecule has 19 heavy (non-hydrogen) atoms. The van der Waals surface area contributed by atoms with Crippen molar-refractivity contribution in [2.24, 2.45) is 0 Å². The van der Waals surface area contributed by atoms with Crippen LogP contribution in [0.2, 0.25) is 0 Å². The van der Waals surface area contributed by atoms with E-state index in [1.807, 2.05) is 13.0 Å². The second kappa shape index (κ2) is 6.09. The highest BCUT2D eigenvalue weighted by Crippen LogP contribution is 2.32. The van der Waals surface area contributed by atoms with Gasteiger partial charge in [-0.15, -0.1) is 20.6 Å². The van der Waals surface area contributed by atoms with Gasteiger partial charge >= 0.3 is 0 Å². The smallest absolute Gasteiger partial charge is 0.100 e. The van der Waals surface area contributed by atoms with Crippen LogP contribution >= 0.6 is 32.2 Å². The number of hydrogen-bond donors (Lipinski definition) is 1. The highest BCUT2D eigenvalue weighted by molar-refractivity contribution is 7.22. The third-order valence-corrected chi connectivity index (χ3v) is 4.90. The Hall–Kier alpha value is -0.820. The van der Waals surface area contributed by atoms with Gasteiger partial charge < -0.3 is 4.98 Å². The predicted octanol–water partition coefficient (Wildman–Crippen LogP) is 5.54. The lowest BCUT2D eigenvalue weighted by atomic mass is 10.0. The fourth-order valence-electron chi connectivity index (χ4n) is 2.11. The molecule has 2 rings (SSSR count).